The number of carbonyl (C=O) groups excluding carboxylic acids is 1. The zero-order chi connectivity index (χ0) is 22.1. The SMILES string of the molecule is COc1ccc(C(F)(F)F)cc1C(=O)/N=c1\sn(C(C)(C)C)cc1Cc1ccco1. The first-order chi connectivity index (χ1) is 14.0. The van der Waals surface area contributed by atoms with Gasteiger partial charge in [-0.3, -0.25) is 8.75 Å². The van der Waals surface area contributed by atoms with Gasteiger partial charge in [0, 0.05) is 23.7 Å². The molecule has 9 heteroatoms. The molecule has 30 heavy (non-hydrogen) atoms. The van der Waals surface area contributed by atoms with E-state index in [-0.39, 0.29) is 16.9 Å². The quantitative estimate of drug-likeness (QED) is 0.559. The first kappa shape index (κ1) is 21.9. The number of furan rings is 1. The standard InChI is InChI=1S/C21H21F3N2O3S/c1-20(2,3)26-12-13(10-15-6-5-9-29-15)19(30-26)25-18(27)16-11-14(21(22,23)24)7-8-17(16)28-4/h5-9,11-12H,10H2,1-4H3/b25-19-. The van der Waals surface area contributed by atoms with Gasteiger partial charge in [0.05, 0.1) is 24.5 Å². The molecular formula is C21H21F3N2O3S. The molecule has 0 aliphatic carbocycles. The number of alkyl halides is 3. The smallest absolute Gasteiger partial charge is 0.416 e. The Kier molecular flexibility index (Phi) is 5.94. The minimum Gasteiger partial charge on any atom is -0.496 e. The summed E-state index contributed by atoms with van der Waals surface area (Å²) in [7, 11) is 1.29. The number of hydrogen-bond acceptors (Lipinski definition) is 4. The first-order valence-electron chi connectivity index (χ1n) is 9.08. The van der Waals surface area contributed by atoms with Crippen LogP contribution in [0.5, 0.6) is 5.75 Å². The molecule has 0 unspecified atom stereocenters. The van der Waals surface area contributed by atoms with E-state index in [1.165, 1.54) is 18.6 Å². The van der Waals surface area contributed by atoms with Crippen molar-refractivity contribution in [2.75, 3.05) is 7.11 Å². The second kappa shape index (κ2) is 8.14. The fourth-order valence-corrected chi connectivity index (χ4v) is 3.73. The van der Waals surface area contributed by atoms with Crippen LogP contribution in [-0.2, 0) is 18.1 Å². The third-order valence-electron chi connectivity index (χ3n) is 4.30. The summed E-state index contributed by atoms with van der Waals surface area (Å²) in [6.07, 6.45) is -0.750. The van der Waals surface area contributed by atoms with Crippen LogP contribution in [0, 0.1) is 0 Å². The lowest BCUT2D eigenvalue weighted by Gasteiger charge is -2.19. The van der Waals surface area contributed by atoms with Crippen molar-refractivity contribution in [3.63, 3.8) is 0 Å². The fourth-order valence-electron chi connectivity index (χ4n) is 2.72. The Morgan fingerprint density at radius 3 is 2.53 bits per heavy atom. The molecule has 0 atom stereocenters. The lowest BCUT2D eigenvalue weighted by atomic mass is 10.1. The maximum absolute atomic E-state index is 13.1. The average molecular weight is 438 g/mol. The molecule has 0 radical (unpaired) electrons. The first-order valence-corrected chi connectivity index (χ1v) is 9.85. The van der Waals surface area contributed by atoms with Gasteiger partial charge in [0.15, 0.2) is 0 Å². The Bertz CT molecular complexity index is 1100. The molecule has 5 nitrogen and oxygen atoms in total. The molecule has 3 aromatic rings. The van der Waals surface area contributed by atoms with Gasteiger partial charge in [-0.1, -0.05) is 0 Å². The molecule has 0 bridgehead atoms. The van der Waals surface area contributed by atoms with Gasteiger partial charge >= 0.3 is 6.18 Å². The van der Waals surface area contributed by atoms with Crippen molar-refractivity contribution in [1.82, 2.24) is 3.96 Å². The van der Waals surface area contributed by atoms with Crippen LogP contribution in [0.25, 0.3) is 0 Å². The summed E-state index contributed by atoms with van der Waals surface area (Å²) in [5.41, 5.74) is -0.697. The van der Waals surface area contributed by atoms with Crippen molar-refractivity contribution < 1.29 is 27.1 Å². The Morgan fingerprint density at radius 2 is 1.97 bits per heavy atom. The van der Waals surface area contributed by atoms with Crippen molar-refractivity contribution >= 4 is 17.4 Å². The summed E-state index contributed by atoms with van der Waals surface area (Å²) in [5, 5.41) is 0. The Morgan fingerprint density at radius 1 is 1.23 bits per heavy atom. The van der Waals surface area contributed by atoms with Gasteiger partial charge in [-0.05, 0) is 62.6 Å². The van der Waals surface area contributed by atoms with Crippen LogP contribution in [0.2, 0.25) is 0 Å². The number of halogens is 3. The molecule has 2 aromatic heterocycles. The molecule has 0 fully saturated rings. The summed E-state index contributed by atoms with van der Waals surface area (Å²) < 4.78 is 52.2. The third-order valence-corrected chi connectivity index (χ3v) is 5.68. The number of rotatable bonds is 4. The molecule has 3 rings (SSSR count). The molecule has 0 N–H and O–H groups in total. The van der Waals surface area contributed by atoms with E-state index in [9.17, 15) is 18.0 Å². The highest BCUT2D eigenvalue weighted by atomic mass is 32.1. The summed E-state index contributed by atoms with van der Waals surface area (Å²) in [6, 6.07) is 6.33. The van der Waals surface area contributed by atoms with Crippen molar-refractivity contribution in [2.24, 2.45) is 4.99 Å². The molecule has 0 spiro atoms. The Balaban J connectivity index is 2.10. The number of hydrogen-bond donors (Lipinski definition) is 0. The topological polar surface area (TPSA) is 56.7 Å². The molecule has 0 aliphatic rings. The monoisotopic (exact) mass is 438 g/mol. The van der Waals surface area contributed by atoms with Crippen LogP contribution in [0.3, 0.4) is 0 Å². The normalized spacial score (nSPS) is 13.0. The van der Waals surface area contributed by atoms with Gasteiger partial charge in [-0.2, -0.15) is 18.2 Å². The molecule has 1 amide bonds. The summed E-state index contributed by atoms with van der Waals surface area (Å²) in [4.78, 5) is 17.0. The fraction of sp³-hybridized carbons (Fsp3) is 0.333. The number of methoxy groups -OCH3 is 1. The van der Waals surface area contributed by atoms with Crippen molar-refractivity contribution in [1.29, 1.82) is 0 Å². The highest BCUT2D eigenvalue weighted by Crippen LogP contribution is 2.32. The maximum atomic E-state index is 13.1. The minimum absolute atomic E-state index is 0.0320. The molecule has 2 heterocycles. The number of aromatic nitrogens is 1. The summed E-state index contributed by atoms with van der Waals surface area (Å²) in [6.45, 7) is 6.00. The highest BCUT2D eigenvalue weighted by Gasteiger charge is 2.32. The molecule has 160 valence electrons. The number of carbonyl (C=O) groups is 1. The van der Waals surface area contributed by atoms with Gasteiger partial charge in [0.2, 0.25) is 0 Å². The zero-order valence-electron chi connectivity index (χ0n) is 16.9. The zero-order valence-corrected chi connectivity index (χ0v) is 17.7. The van der Waals surface area contributed by atoms with Gasteiger partial charge in [0.25, 0.3) is 5.91 Å². The van der Waals surface area contributed by atoms with Gasteiger partial charge in [-0.15, -0.1) is 0 Å². The third kappa shape index (κ3) is 4.84. The Hall–Kier alpha value is -2.81. The lowest BCUT2D eigenvalue weighted by molar-refractivity contribution is -0.137. The summed E-state index contributed by atoms with van der Waals surface area (Å²) in [5.74, 6) is -0.0828. The Labute approximate surface area is 175 Å². The predicted molar refractivity (Wildman–Crippen MR) is 107 cm³/mol. The van der Waals surface area contributed by atoms with Crippen LogP contribution in [-0.4, -0.2) is 17.0 Å². The van der Waals surface area contributed by atoms with E-state index in [0.717, 1.165) is 23.8 Å². The van der Waals surface area contributed by atoms with Crippen LogP contribution in [0.1, 0.15) is 48.0 Å². The van der Waals surface area contributed by atoms with E-state index < -0.39 is 17.6 Å². The van der Waals surface area contributed by atoms with Gasteiger partial charge in [-0.25, -0.2) is 0 Å². The molecule has 1 aromatic carbocycles. The highest BCUT2D eigenvalue weighted by molar-refractivity contribution is 7.04. The predicted octanol–water partition coefficient (Wildman–Crippen LogP) is 5.26. The minimum atomic E-state index is -4.58. The molecule has 0 saturated heterocycles. The van der Waals surface area contributed by atoms with E-state index >= 15 is 0 Å². The largest absolute Gasteiger partial charge is 0.496 e. The van der Waals surface area contributed by atoms with Crippen molar-refractivity contribution in [2.45, 2.75) is 38.9 Å². The van der Waals surface area contributed by atoms with E-state index in [1.807, 2.05) is 30.9 Å². The van der Waals surface area contributed by atoms with E-state index in [0.29, 0.717) is 16.9 Å². The van der Waals surface area contributed by atoms with Gasteiger partial charge < -0.3 is 9.15 Å². The van der Waals surface area contributed by atoms with E-state index in [2.05, 4.69) is 4.99 Å². The maximum Gasteiger partial charge on any atom is 0.416 e. The average Bonchev–Trinajstić information content (AvgIpc) is 3.31. The van der Waals surface area contributed by atoms with Crippen molar-refractivity contribution in [3.05, 3.63) is 69.9 Å². The van der Waals surface area contributed by atoms with Crippen LogP contribution < -0.4 is 9.41 Å². The molecule has 0 saturated carbocycles. The summed E-state index contributed by atoms with van der Waals surface area (Å²) >= 11 is 1.26. The van der Waals surface area contributed by atoms with Crippen LogP contribution >= 0.6 is 11.5 Å². The number of benzene rings is 1. The van der Waals surface area contributed by atoms with Crippen LogP contribution in [0.15, 0.2) is 52.2 Å². The molecule has 0 aliphatic heterocycles. The van der Waals surface area contributed by atoms with E-state index in [1.54, 1.807) is 18.4 Å². The number of amides is 1. The van der Waals surface area contributed by atoms with Gasteiger partial charge in [0.1, 0.15) is 16.2 Å². The van der Waals surface area contributed by atoms with Crippen LogP contribution in [0.4, 0.5) is 13.2 Å². The second-order valence-electron chi connectivity index (χ2n) is 7.63. The lowest BCUT2D eigenvalue weighted by Crippen LogP contribution is -2.18. The molecular weight excluding hydrogens is 417 g/mol. The second-order valence-corrected chi connectivity index (χ2v) is 8.60. The number of ether oxygens (including phenoxy) is 1. The van der Waals surface area contributed by atoms with E-state index in [4.69, 9.17) is 9.15 Å². The number of nitrogens with zero attached hydrogens (tertiary/aromatic N) is 2. The van der Waals surface area contributed by atoms with Crippen molar-refractivity contribution in [3.8, 4) is 5.75 Å².